The number of nitrogen functional groups attached to an aromatic ring is 1. The summed E-state index contributed by atoms with van der Waals surface area (Å²) in [6.45, 7) is 6.66. The highest BCUT2D eigenvalue weighted by Crippen LogP contribution is 2.19. The van der Waals surface area contributed by atoms with Crippen molar-refractivity contribution in [3.63, 3.8) is 0 Å². The number of ether oxygens (including phenoxy) is 1. The number of nitrogens with zero attached hydrogens (tertiary/aromatic N) is 3. The van der Waals surface area contributed by atoms with E-state index in [0.29, 0.717) is 23.7 Å². The molecule has 0 spiro atoms. The maximum absolute atomic E-state index is 5.46. The van der Waals surface area contributed by atoms with E-state index in [9.17, 15) is 0 Å². The topological polar surface area (TPSA) is 89.7 Å². The Morgan fingerprint density at radius 1 is 1.38 bits per heavy atom. The number of hydrogen-bond donors (Lipinski definition) is 2. The number of H-pyrrole nitrogens is 1. The molecule has 0 amide bonds. The Labute approximate surface area is 95.7 Å². The van der Waals surface area contributed by atoms with Gasteiger partial charge in [0.2, 0.25) is 11.8 Å². The van der Waals surface area contributed by atoms with Crippen LogP contribution in [-0.4, -0.2) is 26.5 Å². The Morgan fingerprint density at radius 3 is 2.69 bits per heavy atom. The van der Waals surface area contributed by atoms with Gasteiger partial charge in [-0.05, 0) is 6.92 Å². The molecule has 2 aromatic heterocycles. The first kappa shape index (κ1) is 12.2. The van der Waals surface area contributed by atoms with Gasteiger partial charge < -0.3 is 15.5 Å². The van der Waals surface area contributed by atoms with Gasteiger partial charge in [0, 0.05) is 1.43 Å². The summed E-state index contributed by atoms with van der Waals surface area (Å²) in [7, 11) is 0. The van der Waals surface area contributed by atoms with Gasteiger partial charge in [0.25, 0.3) is 0 Å². The SMILES string of the molecule is CCC.CCOc1nc(N)nc2nc[nH]c12.[HH]. The van der Waals surface area contributed by atoms with Gasteiger partial charge in [-0.25, -0.2) is 4.98 Å². The van der Waals surface area contributed by atoms with E-state index in [1.807, 2.05) is 6.92 Å². The van der Waals surface area contributed by atoms with Gasteiger partial charge in [0.05, 0.1) is 12.9 Å². The second-order valence-electron chi connectivity index (χ2n) is 3.13. The van der Waals surface area contributed by atoms with Crippen molar-refractivity contribution in [1.82, 2.24) is 19.9 Å². The molecule has 0 fully saturated rings. The van der Waals surface area contributed by atoms with Gasteiger partial charge >= 0.3 is 0 Å². The molecule has 0 atom stereocenters. The Morgan fingerprint density at radius 2 is 2.06 bits per heavy atom. The van der Waals surface area contributed by atoms with E-state index in [2.05, 4.69) is 33.8 Å². The zero-order chi connectivity index (χ0) is 12.0. The van der Waals surface area contributed by atoms with Gasteiger partial charge in [-0.15, -0.1) is 0 Å². The van der Waals surface area contributed by atoms with Gasteiger partial charge in [0.15, 0.2) is 5.65 Å². The first-order chi connectivity index (χ1) is 7.72. The largest absolute Gasteiger partial charge is 0.476 e. The third-order valence-electron chi connectivity index (χ3n) is 1.55. The molecule has 0 aliphatic carbocycles. The maximum Gasteiger partial charge on any atom is 0.245 e. The minimum Gasteiger partial charge on any atom is -0.476 e. The van der Waals surface area contributed by atoms with Crippen LogP contribution < -0.4 is 10.5 Å². The van der Waals surface area contributed by atoms with Crippen LogP contribution in [0.1, 0.15) is 28.6 Å². The summed E-state index contributed by atoms with van der Waals surface area (Å²) < 4.78 is 5.26. The molecule has 0 unspecified atom stereocenters. The van der Waals surface area contributed by atoms with Crippen LogP contribution in [0, 0.1) is 0 Å². The molecule has 0 aliphatic rings. The zero-order valence-corrected chi connectivity index (χ0v) is 9.82. The van der Waals surface area contributed by atoms with E-state index in [-0.39, 0.29) is 7.37 Å². The Balaban J connectivity index is 0.000000583. The molecule has 0 saturated heterocycles. The van der Waals surface area contributed by atoms with E-state index in [1.165, 1.54) is 12.7 Å². The summed E-state index contributed by atoms with van der Waals surface area (Å²) >= 11 is 0. The molecular weight excluding hydrogens is 206 g/mol. The normalized spacial score (nSPS) is 9.69. The molecule has 6 nitrogen and oxygen atoms in total. The molecular formula is C10H19N5O. The summed E-state index contributed by atoms with van der Waals surface area (Å²) in [5.41, 5.74) is 6.66. The van der Waals surface area contributed by atoms with Gasteiger partial charge in [-0.2, -0.15) is 9.97 Å². The van der Waals surface area contributed by atoms with E-state index in [1.54, 1.807) is 0 Å². The number of aromatic amines is 1. The van der Waals surface area contributed by atoms with Crippen LogP contribution in [0.3, 0.4) is 0 Å². The van der Waals surface area contributed by atoms with Crippen LogP contribution in [0.2, 0.25) is 0 Å². The lowest BCUT2D eigenvalue weighted by molar-refractivity contribution is 0.331. The summed E-state index contributed by atoms with van der Waals surface area (Å²) in [6.07, 6.45) is 2.78. The number of nitrogens with two attached hydrogens (primary N) is 1. The molecule has 0 aliphatic heterocycles. The second kappa shape index (κ2) is 5.89. The molecule has 6 heteroatoms. The predicted octanol–water partition coefficient (Wildman–Crippen LogP) is 2.00. The monoisotopic (exact) mass is 225 g/mol. The average Bonchev–Trinajstić information content (AvgIpc) is 2.67. The highest BCUT2D eigenvalue weighted by atomic mass is 16.5. The van der Waals surface area contributed by atoms with E-state index < -0.39 is 0 Å². The van der Waals surface area contributed by atoms with E-state index in [4.69, 9.17) is 10.5 Å². The summed E-state index contributed by atoms with van der Waals surface area (Å²) in [4.78, 5) is 14.7. The number of aromatic nitrogens is 4. The highest BCUT2D eigenvalue weighted by molar-refractivity contribution is 5.76. The fraction of sp³-hybridized carbons (Fsp3) is 0.500. The average molecular weight is 225 g/mol. The molecule has 2 aromatic rings. The number of fused-ring (bicyclic) bond motifs is 1. The minimum absolute atomic E-state index is 0. The van der Waals surface area contributed by atoms with Crippen LogP contribution in [0.5, 0.6) is 5.88 Å². The van der Waals surface area contributed by atoms with Crippen molar-refractivity contribution in [2.75, 3.05) is 12.3 Å². The number of rotatable bonds is 2. The molecule has 2 rings (SSSR count). The quantitative estimate of drug-likeness (QED) is 0.815. The Kier molecular flexibility index (Phi) is 4.50. The zero-order valence-electron chi connectivity index (χ0n) is 9.82. The third-order valence-corrected chi connectivity index (χ3v) is 1.55. The molecule has 0 saturated carbocycles. The molecule has 0 aromatic carbocycles. The smallest absolute Gasteiger partial charge is 0.245 e. The molecule has 90 valence electrons. The van der Waals surface area contributed by atoms with Crippen LogP contribution in [-0.2, 0) is 0 Å². The van der Waals surface area contributed by atoms with Crippen molar-refractivity contribution in [3.8, 4) is 5.88 Å². The van der Waals surface area contributed by atoms with Gasteiger partial charge in [0.1, 0.15) is 5.52 Å². The number of imidazole rings is 1. The number of hydrogen-bond acceptors (Lipinski definition) is 5. The van der Waals surface area contributed by atoms with Gasteiger partial charge in [-0.3, -0.25) is 0 Å². The van der Waals surface area contributed by atoms with Crippen LogP contribution in [0.25, 0.3) is 11.2 Å². The number of nitrogens with one attached hydrogen (secondary N) is 1. The number of anilines is 1. The Bertz CT molecular complexity index is 445. The van der Waals surface area contributed by atoms with Crippen molar-refractivity contribution in [2.45, 2.75) is 27.2 Å². The fourth-order valence-corrected chi connectivity index (χ4v) is 1.06. The van der Waals surface area contributed by atoms with Gasteiger partial charge in [-0.1, -0.05) is 20.3 Å². The third kappa shape index (κ3) is 2.82. The molecule has 16 heavy (non-hydrogen) atoms. The summed E-state index contributed by atoms with van der Waals surface area (Å²) in [6, 6.07) is 0. The first-order valence-electron chi connectivity index (χ1n) is 5.32. The first-order valence-corrected chi connectivity index (χ1v) is 5.32. The lowest BCUT2D eigenvalue weighted by Crippen LogP contribution is -2.01. The molecule has 0 radical (unpaired) electrons. The van der Waals surface area contributed by atoms with Crippen molar-refractivity contribution < 1.29 is 6.16 Å². The standard InChI is InChI=1S/C7H9N5O.C3H8.H2/c1-2-13-6-4-5(10-3-9-4)11-7(8)12-6;1-3-2;/h3H,2H2,1H3,(H3,8,9,10,11,12);3H2,1-2H3;1H. The van der Waals surface area contributed by atoms with Crippen molar-refractivity contribution in [3.05, 3.63) is 6.33 Å². The molecule has 0 bridgehead atoms. The predicted molar refractivity (Wildman–Crippen MR) is 65.3 cm³/mol. The fourth-order valence-electron chi connectivity index (χ4n) is 1.06. The van der Waals surface area contributed by atoms with E-state index >= 15 is 0 Å². The van der Waals surface area contributed by atoms with Crippen molar-refractivity contribution in [1.29, 1.82) is 0 Å². The van der Waals surface area contributed by atoms with Crippen molar-refractivity contribution >= 4 is 17.1 Å². The second-order valence-corrected chi connectivity index (χ2v) is 3.13. The molecule has 2 heterocycles. The lowest BCUT2D eigenvalue weighted by atomic mass is 10.5. The summed E-state index contributed by atoms with van der Waals surface area (Å²) in [5, 5.41) is 0. The Hall–Kier alpha value is -1.85. The van der Waals surface area contributed by atoms with Crippen LogP contribution >= 0.6 is 0 Å². The molecule has 3 N–H and O–H groups in total. The van der Waals surface area contributed by atoms with Crippen LogP contribution in [0.15, 0.2) is 6.33 Å². The van der Waals surface area contributed by atoms with Crippen molar-refractivity contribution in [2.24, 2.45) is 0 Å². The van der Waals surface area contributed by atoms with E-state index in [0.717, 1.165) is 0 Å². The minimum atomic E-state index is 0. The highest BCUT2D eigenvalue weighted by Gasteiger charge is 2.08. The summed E-state index contributed by atoms with van der Waals surface area (Å²) in [5.74, 6) is 0.616. The maximum atomic E-state index is 5.46. The van der Waals surface area contributed by atoms with Crippen LogP contribution in [0.4, 0.5) is 5.95 Å². The lowest BCUT2D eigenvalue weighted by Gasteiger charge is -2.02.